The number of rotatable bonds is 5. The van der Waals surface area contributed by atoms with Gasteiger partial charge in [-0.05, 0) is 48.0 Å². The largest absolute Gasteiger partial charge is 0.323 e. The molecule has 2 aromatic carbocycles. The van der Waals surface area contributed by atoms with E-state index in [1.54, 1.807) is 60.9 Å². The number of benzene rings is 2. The van der Waals surface area contributed by atoms with E-state index in [2.05, 4.69) is 20.9 Å². The number of urea groups is 1. The summed E-state index contributed by atoms with van der Waals surface area (Å²) in [5, 5.41) is 8.23. The van der Waals surface area contributed by atoms with Crippen LogP contribution in [-0.2, 0) is 4.79 Å². The first-order valence-electron chi connectivity index (χ1n) is 8.31. The second-order valence-electron chi connectivity index (χ2n) is 5.63. The number of para-hydroxylation sites is 1. The molecule has 3 rings (SSSR count). The van der Waals surface area contributed by atoms with Crippen molar-refractivity contribution in [3.05, 3.63) is 90.8 Å². The van der Waals surface area contributed by atoms with Crippen LogP contribution in [0.15, 0.2) is 85.2 Å². The van der Waals surface area contributed by atoms with Crippen LogP contribution in [0.1, 0.15) is 5.56 Å². The summed E-state index contributed by atoms with van der Waals surface area (Å²) < 4.78 is 0. The maximum absolute atomic E-state index is 12.0. The van der Waals surface area contributed by atoms with Crippen LogP contribution in [0.25, 0.3) is 6.08 Å². The molecular formula is C21H18N4O2. The lowest BCUT2D eigenvalue weighted by Crippen LogP contribution is -2.19. The molecule has 0 aliphatic heterocycles. The van der Waals surface area contributed by atoms with Crippen LogP contribution < -0.4 is 16.0 Å². The Bertz CT molecular complexity index is 941. The highest BCUT2D eigenvalue weighted by atomic mass is 16.2. The van der Waals surface area contributed by atoms with E-state index in [-0.39, 0.29) is 11.9 Å². The molecule has 0 fully saturated rings. The van der Waals surface area contributed by atoms with Gasteiger partial charge in [0.05, 0.1) is 0 Å². The van der Waals surface area contributed by atoms with Crippen molar-refractivity contribution in [2.24, 2.45) is 0 Å². The molecule has 6 nitrogen and oxygen atoms in total. The van der Waals surface area contributed by atoms with E-state index in [0.717, 1.165) is 5.56 Å². The van der Waals surface area contributed by atoms with Gasteiger partial charge in [0, 0.05) is 35.5 Å². The van der Waals surface area contributed by atoms with E-state index < -0.39 is 0 Å². The number of carbonyl (C=O) groups is 2. The van der Waals surface area contributed by atoms with Crippen molar-refractivity contribution in [1.29, 1.82) is 0 Å². The highest BCUT2D eigenvalue weighted by molar-refractivity contribution is 6.03. The molecule has 27 heavy (non-hydrogen) atoms. The van der Waals surface area contributed by atoms with Crippen LogP contribution in [0.4, 0.5) is 21.9 Å². The molecule has 0 aliphatic carbocycles. The predicted octanol–water partition coefficient (Wildman–Crippen LogP) is 4.38. The molecule has 6 heteroatoms. The van der Waals surface area contributed by atoms with Crippen molar-refractivity contribution in [1.82, 2.24) is 4.98 Å². The van der Waals surface area contributed by atoms with Crippen molar-refractivity contribution in [3.8, 4) is 0 Å². The molecule has 134 valence electrons. The van der Waals surface area contributed by atoms with E-state index in [1.807, 2.05) is 24.3 Å². The van der Waals surface area contributed by atoms with Gasteiger partial charge in [0.1, 0.15) is 0 Å². The van der Waals surface area contributed by atoms with Crippen molar-refractivity contribution in [2.45, 2.75) is 0 Å². The Morgan fingerprint density at radius 1 is 0.778 bits per heavy atom. The lowest BCUT2D eigenvalue weighted by Gasteiger charge is -2.09. The van der Waals surface area contributed by atoms with Gasteiger partial charge in [0.25, 0.3) is 0 Å². The molecule has 0 bridgehead atoms. The maximum atomic E-state index is 12.0. The van der Waals surface area contributed by atoms with Gasteiger partial charge in [0.15, 0.2) is 0 Å². The summed E-state index contributed by atoms with van der Waals surface area (Å²) in [6.45, 7) is 0. The minimum absolute atomic E-state index is 0.273. The van der Waals surface area contributed by atoms with Crippen LogP contribution in [0.5, 0.6) is 0 Å². The Kier molecular flexibility index (Phi) is 5.93. The number of aromatic nitrogens is 1. The van der Waals surface area contributed by atoms with Crippen molar-refractivity contribution in [2.75, 3.05) is 16.0 Å². The highest BCUT2D eigenvalue weighted by Crippen LogP contribution is 2.16. The highest BCUT2D eigenvalue weighted by Gasteiger charge is 2.04. The Labute approximate surface area is 157 Å². The van der Waals surface area contributed by atoms with Gasteiger partial charge < -0.3 is 16.0 Å². The molecule has 3 aromatic rings. The third kappa shape index (κ3) is 5.82. The van der Waals surface area contributed by atoms with Crippen molar-refractivity contribution < 1.29 is 9.59 Å². The number of carbonyl (C=O) groups excluding carboxylic acids is 2. The standard InChI is InChI=1S/C21H18N4O2/c26-20(12-11-16-6-5-13-22-15-16)23-18-9-4-10-19(14-18)25-21(27)24-17-7-2-1-3-8-17/h1-15H,(H,23,26)(H2,24,25,27)/b12-11+. The molecule has 3 amide bonds. The molecule has 1 aromatic heterocycles. The fraction of sp³-hybridized carbons (Fsp3) is 0. The van der Waals surface area contributed by atoms with Gasteiger partial charge in [-0.1, -0.05) is 30.3 Å². The zero-order valence-corrected chi connectivity index (χ0v) is 14.4. The van der Waals surface area contributed by atoms with E-state index in [9.17, 15) is 9.59 Å². The zero-order valence-electron chi connectivity index (χ0n) is 14.4. The molecule has 0 saturated heterocycles. The first kappa shape index (κ1) is 17.9. The van der Waals surface area contributed by atoms with Gasteiger partial charge in [-0.15, -0.1) is 0 Å². The van der Waals surface area contributed by atoms with Crippen LogP contribution in [0.2, 0.25) is 0 Å². The molecular weight excluding hydrogens is 340 g/mol. The summed E-state index contributed by atoms with van der Waals surface area (Å²) in [5.74, 6) is -0.273. The smallest absolute Gasteiger partial charge is 0.322 e. The van der Waals surface area contributed by atoms with Crippen LogP contribution in [0.3, 0.4) is 0 Å². The summed E-state index contributed by atoms with van der Waals surface area (Å²) >= 11 is 0. The summed E-state index contributed by atoms with van der Waals surface area (Å²) in [6, 6.07) is 19.4. The van der Waals surface area contributed by atoms with Gasteiger partial charge in [-0.25, -0.2) is 4.79 Å². The normalized spacial score (nSPS) is 10.4. The lowest BCUT2D eigenvalue weighted by molar-refractivity contribution is -0.111. The number of hydrogen-bond donors (Lipinski definition) is 3. The van der Waals surface area contributed by atoms with Crippen LogP contribution in [0, 0.1) is 0 Å². The molecule has 0 saturated carbocycles. The quantitative estimate of drug-likeness (QED) is 0.592. The zero-order chi connectivity index (χ0) is 18.9. The first-order chi connectivity index (χ1) is 13.2. The maximum Gasteiger partial charge on any atom is 0.323 e. The third-order valence-corrected chi connectivity index (χ3v) is 3.53. The predicted molar refractivity (Wildman–Crippen MR) is 107 cm³/mol. The van der Waals surface area contributed by atoms with Crippen LogP contribution >= 0.6 is 0 Å². The van der Waals surface area contributed by atoms with Crippen molar-refractivity contribution in [3.63, 3.8) is 0 Å². The third-order valence-electron chi connectivity index (χ3n) is 3.53. The number of hydrogen-bond acceptors (Lipinski definition) is 3. The summed E-state index contributed by atoms with van der Waals surface area (Å²) in [6.07, 6.45) is 6.44. The Hall–Kier alpha value is -3.93. The topological polar surface area (TPSA) is 83.1 Å². The van der Waals surface area contributed by atoms with Gasteiger partial charge >= 0.3 is 6.03 Å². The molecule has 3 N–H and O–H groups in total. The number of amides is 3. The molecule has 0 atom stereocenters. The second-order valence-corrected chi connectivity index (χ2v) is 5.63. The van der Waals surface area contributed by atoms with E-state index in [1.165, 1.54) is 6.08 Å². The molecule has 0 spiro atoms. The monoisotopic (exact) mass is 358 g/mol. The number of nitrogens with one attached hydrogen (secondary N) is 3. The average Bonchev–Trinajstić information content (AvgIpc) is 2.68. The lowest BCUT2D eigenvalue weighted by atomic mass is 10.2. The molecule has 1 heterocycles. The Morgan fingerprint density at radius 2 is 1.48 bits per heavy atom. The number of pyridine rings is 1. The summed E-state index contributed by atoms with van der Waals surface area (Å²) in [5.41, 5.74) is 2.67. The van der Waals surface area contributed by atoms with E-state index in [4.69, 9.17) is 0 Å². The summed E-state index contributed by atoms with van der Waals surface area (Å²) in [4.78, 5) is 28.1. The Morgan fingerprint density at radius 3 is 2.22 bits per heavy atom. The van der Waals surface area contributed by atoms with Crippen molar-refractivity contribution >= 4 is 35.1 Å². The molecule has 0 radical (unpaired) electrons. The van der Waals surface area contributed by atoms with E-state index >= 15 is 0 Å². The molecule has 0 unspecified atom stereocenters. The van der Waals surface area contributed by atoms with Crippen LogP contribution in [-0.4, -0.2) is 16.9 Å². The SMILES string of the molecule is O=C(/C=C/c1cccnc1)Nc1cccc(NC(=O)Nc2ccccc2)c1. The average molecular weight is 358 g/mol. The second kappa shape index (κ2) is 8.96. The minimum atomic E-state index is -0.360. The fourth-order valence-electron chi connectivity index (χ4n) is 2.32. The molecule has 0 aliphatic rings. The van der Waals surface area contributed by atoms with Gasteiger partial charge in [-0.2, -0.15) is 0 Å². The number of nitrogens with zero attached hydrogens (tertiary/aromatic N) is 1. The van der Waals surface area contributed by atoms with Gasteiger partial charge in [-0.3, -0.25) is 9.78 Å². The first-order valence-corrected chi connectivity index (χ1v) is 8.31. The minimum Gasteiger partial charge on any atom is -0.322 e. The van der Waals surface area contributed by atoms with Gasteiger partial charge in [0.2, 0.25) is 5.91 Å². The van der Waals surface area contributed by atoms with E-state index in [0.29, 0.717) is 17.1 Å². The fourth-order valence-corrected chi connectivity index (χ4v) is 2.32. The number of anilines is 3. The summed E-state index contributed by atoms with van der Waals surface area (Å²) in [7, 11) is 0. The Balaban J connectivity index is 1.57.